The third-order valence-corrected chi connectivity index (χ3v) is 5.45. The molecule has 0 saturated heterocycles. The number of halogens is 3. The van der Waals surface area contributed by atoms with E-state index in [4.69, 9.17) is 9.47 Å². The summed E-state index contributed by atoms with van der Waals surface area (Å²) < 4.78 is 50.4. The minimum Gasteiger partial charge on any atom is -0.507 e. The fourth-order valence-electron chi connectivity index (χ4n) is 3.71. The van der Waals surface area contributed by atoms with Crippen LogP contribution in [0, 0.1) is 0 Å². The van der Waals surface area contributed by atoms with Gasteiger partial charge in [0.2, 0.25) is 0 Å². The number of para-hydroxylation sites is 3. The molecule has 0 aromatic heterocycles. The molecule has 3 rings (SSSR count). The molecule has 0 spiro atoms. The minimum absolute atomic E-state index is 0.126. The van der Waals surface area contributed by atoms with E-state index in [9.17, 15) is 23.4 Å². The van der Waals surface area contributed by atoms with Crippen LogP contribution in [0.15, 0.2) is 71.7 Å². The van der Waals surface area contributed by atoms with E-state index in [1.165, 1.54) is 26.4 Å². The fourth-order valence-corrected chi connectivity index (χ4v) is 3.71. The first-order valence-electron chi connectivity index (χ1n) is 10.1. The lowest BCUT2D eigenvalue weighted by Crippen LogP contribution is -2.38. The molecule has 0 amide bonds. The minimum atomic E-state index is -4.71. The molecule has 0 saturated carbocycles. The number of ether oxygens (including phenoxy) is 2. The molecular weight excluding hydrogens is 435 g/mol. The van der Waals surface area contributed by atoms with Gasteiger partial charge in [0.15, 0.2) is 0 Å². The van der Waals surface area contributed by atoms with Crippen molar-refractivity contribution in [3.8, 4) is 17.2 Å². The van der Waals surface area contributed by atoms with Gasteiger partial charge in [0.05, 0.1) is 25.8 Å². The second kappa shape index (κ2) is 9.54. The van der Waals surface area contributed by atoms with Gasteiger partial charge in [0, 0.05) is 22.9 Å². The molecule has 1 atom stereocenters. The van der Waals surface area contributed by atoms with Crippen LogP contribution in [0.1, 0.15) is 29.2 Å². The normalized spacial score (nSPS) is 13.2. The highest BCUT2D eigenvalue weighted by Crippen LogP contribution is 2.43. The first-order valence-corrected chi connectivity index (χ1v) is 10.1. The van der Waals surface area contributed by atoms with E-state index in [1.54, 1.807) is 55.5 Å². The number of hydrogen-bond donors (Lipinski definition) is 2. The van der Waals surface area contributed by atoms with Gasteiger partial charge in [0.1, 0.15) is 22.8 Å². The van der Waals surface area contributed by atoms with Crippen LogP contribution in [-0.2, 0) is 11.8 Å². The van der Waals surface area contributed by atoms with E-state index in [2.05, 4.69) is 4.99 Å². The maximum absolute atomic E-state index is 13.2. The topological polar surface area (TPSA) is 71.3 Å². The number of aliphatic hydroxyl groups is 1. The number of phenols is 1. The Morgan fingerprint density at radius 1 is 0.818 bits per heavy atom. The van der Waals surface area contributed by atoms with E-state index in [0.29, 0.717) is 22.6 Å². The standard InChI is InChI=1S/C25H24F3NO4/c1-16(29-15-17-9-8-12-20(23(17)30)25(26,27)28)24(31,18-10-4-6-13-21(18)32-2)19-11-5-7-14-22(19)33-3/h4-16,30-31H,1-3H3/t16-/m1/s1. The Morgan fingerprint density at radius 2 is 1.30 bits per heavy atom. The SMILES string of the molecule is COc1ccccc1C(O)(c1ccccc1OC)[C@@H](C)N=Cc1cccc(C(F)(F)F)c1O. The Morgan fingerprint density at radius 3 is 1.79 bits per heavy atom. The molecule has 2 N–H and O–H groups in total. The summed E-state index contributed by atoms with van der Waals surface area (Å²) >= 11 is 0. The third kappa shape index (κ3) is 4.66. The Bertz CT molecular complexity index is 1100. The number of aliphatic imine (C=N–C) groups is 1. The van der Waals surface area contributed by atoms with Crippen LogP contribution in [0.25, 0.3) is 0 Å². The fraction of sp³-hybridized carbons (Fsp3) is 0.240. The lowest BCUT2D eigenvalue weighted by atomic mass is 9.80. The van der Waals surface area contributed by atoms with Gasteiger partial charge in [-0.3, -0.25) is 4.99 Å². The average molecular weight is 459 g/mol. The Kier molecular flexibility index (Phi) is 6.98. The molecule has 33 heavy (non-hydrogen) atoms. The average Bonchev–Trinajstić information content (AvgIpc) is 2.81. The molecule has 0 bridgehead atoms. The summed E-state index contributed by atoms with van der Waals surface area (Å²) in [7, 11) is 2.94. The van der Waals surface area contributed by atoms with Crippen LogP contribution in [0.5, 0.6) is 17.2 Å². The summed E-state index contributed by atoms with van der Waals surface area (Å²) in [5.74, 6) is -0.135. The number of phenolic OH excluding ortho intramolecular Hbond substituents is 1. The van der Waals surface area contributed by atoms with Crippen molar-refractivity contribution in [2.75, 3.05) is 14.2 Å². The Labute approximate surface area is 189 Å². The third-order valence-electron chi connectivity index (χ3n) is 5.45. The van der Waals surface area contributed by atoms with Crippen molar-refractivity contribution in [1.29, 1.82) is 0 Å². The molecule has 5 nitrogen and oxygen atoms in total. The maximum atomic E-state index is 13.2. The van der Waals surface area contributed by atoms with Crippen molar-refractivity contribution in [3.05, 3.63) is 89.0 Å². The van der Waals surface area contributed by atoms with Gasteiger partial charge in [-0.15, -0.1) is 0 Å². The van der Waals surface area contributed by atoms with Gasteiger partial charge in [-0.25, -0.2) is 0 Å². The highest BCUT2D eigenvalue weighted by molar-refractivity contribution is 5.84. The van der Waals surface area contributed by atoms with Crippen molar-refractivity contribution in [2.45, 2.75) is 24.7 Å². The second-order valence-electron chi connectivity index (χ2n) is 7.36. The zero-order chi connectivity index (χ0) is 24.2. The van der Waals surface area contributed by atoms with Crippen LogP contribution >= 0.6 is 0 Å². The number of benzene rings is 3. The van der Waals surface area contributed by atoms with E-state index >= 15 is 0 Å². The molecule has 0 aliphatic carbocycles. The lowest BCUT2D eigenvalue weighted by Gasteiger charge is -2.35. The zero-order valence-electron chi connectivity index (χ0n) is 18.3. The van der Waals surface area contributed by atoms with Gasteiger partial charge >= 0.3 is 6.18 Å². The number of aromatic hydroxyl groups is 1. The summed E-state index contributed by atoms with van der Waals surface area (Å²) in [6.45, 7) is 1.61. The lowest BCUT2D eigenvalue weighted by molar-refractivity contribution is -0.138. The van der Waals surface area contributed by atoms with Gasteiger partial charge in [-0.1, -0.05) is 42.5 Å². The van der Waals surface area contributed by atoms with Gasteiger partial charge < -0.3 is 19.7 Å². The van der Waals surface area contributed by atoms with Crippen LogP contribution in [0.4, 0.5) is 13.2 Å². The van der Waals surface area contributed by atoms with Crippen LogP contribution in [0.3, 0.4) is 0 Å². The van der Waals surface area contributed by atoms with Crippen molar-refractivity contribution in [1.82, 2.24) is 0 Å². The molecule has 0 aliphatic heterocycles. The molecule has 0 radical (unpaired) electrons. The number of alkyl halides is 3. The van der Waals surface area contributed by atoms with Crippen LogP contribution in [0.2, 0.25) is 0 Å². The predicted octanol–water partition coefficient (Wildman–Crippen LogP) is 5.17. The molecule has 0 aliphatic rings. The summed E-state index contributed by atoms with van der Waals surface area (Å²) in [4.78, 5) is 4.34. The van der Waals surface area contributed by atoms with Crippen LogP contribution in [-0.4, -0.2) is 36.7 Å². The Balaban J connectivity index is 2.15. The van der Waals surface area contributed by atoms with Crippen molar-refractivity contribution in [2.24, 2.45) is 4.99 Å². The van der Waals surface area contributed by atoms with Gasteiger partial charge in [0.25, 0.3) is 0 Å². The van der Waals surface area contributed by atoms with E-state index in [1.807, 2.05) is 0 Å². The maximum Gasteiger partial charge on any atom is 0.419 e. The number of methoxy groups -OCH3 is 2. The quantitative estimate of drug-likeness (QED) is 0.478. The number of rotatable bonds is 7. The molecule has 0 unspecified atom stereocenters. The monoisotopic (exact) mass is 459 g/mol. The van der Waals surface area contributed by atoms with Crippen molar-refractivity contribution < 1.29 is 32.9 Å². The zero-order valence-corrected chi connectivity index (χ0v) is 18.3. The Hall–Kier alpha value is -3.52. The van der Waals surface area contributed by atoms with E-state index in [-0.39, 0.29) is 5.56 Å². The molecule has 0 fully saturated rings. The van der Waals surface area contributed by atoms with E-state index < -0.39 is 29.1 Å². The molecule has 3 aromatic rings. The van der Waals surface area contributed by atoms with Crippen molar-refractivity contribution in [3.63, 3.8) is 0 Å². The second-order valence-corrected chi connectivity index (χ2v) is 7.36. The molecule has 0 heterocycles. The van der Waals surface area contributed by atoms with Gasteiger partial charge in [-0.05, 0) is 31.2 Å². The van der Waals surface area contributed by atoms with E-state index in [0.717, 1.165) is 12.3 Å². The highest BCUT2D eigenvalue weighted by atomic mass is 19.4. The number of hydrogen-bond acceptors (Lipinski definition) is 5. The summed E-state index contributed by atoms with van der Waals surface area (Å²) in [6.07, 6.45) is -3.60. The predicted molar refractivity (Wildman–Crippen MR) is 119 cm³/mol. The molecule has 3 aromatic carbocycles. The smallest absolute Gasteiger partial charge is 0.419 e. The van der Waals surface area contributed by atoms with Gasteiger partial charge in [-0.2, -0.15) is 13.2 Å². The molecule has 174 valence electrons. The summed E-state index contributed by atoms with van der Waals surface area (Å²) in [5, 5.41) is 22.2. The highest BCUT2D eigenvalue weighted by Gasteiger charge is 2.42. The molecular formula is C25H24F3NO4. The first kappa shape index (κ1) is 24.1. The first-order chi connectivity index (χ1) is 15.6. The number of nitrogens with zero attached hydrogens (tertiary/aromatic N) is 1. The summed E-state index contributed by atoms with van der Waals surface area (Å²) in [6, 6.07) is 16.1. The molecule has 8 heteroatoms. The summed E-state index contributed by atoms with van der Waals surface area (Å²) in [5.41, 5.74) is -2.26. The van der Waals surface area contributed by atoms with Crippen molar-refractivity contribution >= 4 is 6.21 Å². The largest absolute Gasteiger partial charge is 0.507 e. The van der Waals surface area contributed by atoms with Crippen LogP contribution < -0.4 is 9.47 Å².